The van der Waals surface area contributed by atoms with E-state index in [0.717, 1.165) is 62.0 Å². The topological polar surface area (TPSA) is 71.7 Å². The molecule has 22 heavy (non-hydrogen) atoms. The number of aryl methyl sites for hydroxylation is 2. The van der Waals surface area contributed by atoms with E-state index >= 15 is 0 Å². The highest BCUT2D eigenvalue weighted by atomic mass is 16.5. The minimum Gasteiger partial charge on any atom is -0.396 e. The maximum Gasteiger partial charge on any atom is 0.234 e. The van der Waals surface area contributed by atoms with Crippen LogP contribution in [-0.4, -0.2) is 45.8 Å². The molecular formula is C16H24N4O2. The van der Waals surface area contributed by atoms with Gasteiger partial charge in [-0.15, -0.1) is 0 Å². The monoisotopic (exact) mass is 304 g/mol. The van der Waals surface area contributed by atoms with Crippen molar-refractivity contribution in [2.24, 2.45) is 5.41 Å². The Morgan fingerprint density at radius 2 is 2.14 bits per heavy atom. The minimum absolute atomic E-state index is 0.0530. The molecule has 1 saturated heterocycles. The second-order valence-corrected chi connectivity index (χ2v) is 6.30. The lowest BCUT2D eigenvalue weighted by Crippen LogP contribution is -2.41. The van der Waals surface area contributed by atoms with Gasteiger partial charge in [0.1, 0.15) is 0 Å². The van der Waals surface area contributed by atoms with Crippen LogP contribution in [0.4, 0.5) is 0 Å². The van der Waals surface area contributed by atoms with Gasteiger partial charge in [0.25, 0.3) is 0 Å². The lowest BCUT2D eigenvalue weighted by Gasteiger charge is -2.35. The largest absolute Gasteiger partial charge is 0.396 e. The first-order valence-electron chi connectivity index (χ1n) is 7.83. The van der Waals surface area contributed by atoms with Crippen LogP contribution in [0.5, 0.6) is 0 Å². The van der Waals surface area contributed by atoms with Gasteiger partial charge in [0, 0.05) is 43.1 Å². The summed E-state index contributed by atoms with van der Waals surface area (Å²) in [4.78, 5) is 8.84. The normalized spacial score (nSPS) is 18.0. The number of aliphatic hydroxyl groups excluding tert-OH is 1. The van der Waals surface area contributed by atoms with Crippen molar-refractivity contribution < 1.29 is 9.84 Å². The third-order valence-corrected chi connectivity index (χ3v) is 4.56. The molecule has 0 atom stereocenters. The van der Waals surface area contributed by atoms with Gasteiger partial charge in [-0.2, -0.15) is 0 Å². The molecule has 0 spiro atoms. The van der Waals surface area contributed by atoms with Crippen molar-refractivity contribution in [1.29, 1.82) is 0 Å². The quantitative estimate of drug-likeness (QED) is 0.869. The van der Waals surface area contributed by atoms with Gasteiger partial charge in [0.15, 0.2) is 0 Å². The van der Waals surface area contributed by atoms with Gasteiger partial charge in [-0.1, -0.05) is 0 Å². The van der Waals surface area contributed by atoms with Crippen LogP contribution in [0.15, 0.2) is 12.3 Å². The lowest BCUT2D eigenvalue weighted by atomic mass is 9.81. The summed E-state index contributed by atoms with van der Waals surface area (Å²) in [5.74, 6) is 0.747. The van der Waals surface area contributed by atoms with E-state index in [2.05, 4.69) is 32.7 Å². The van der Waals surface area contributed by atoms with Crippen LogP contribution in [0.2, 0.25) is 0 Å². The second kappa shape index (κ2) is 6.32. The average molecular weight is 304 g/mol. The molecule has 1 aliphatic heterocycles. The minimum atomic E-state index is -0.0530. The van der Waals surface area contributed by atoms with Gasteiger partial charge in [0.05, 0.1) is 18.5 Å². The van der Waals surface area contributed by atoms with Crippen LogP contribution in [0, 0.1) is 19.3 Å². The molecule has 0 bridgehead atoms. The van der Waals surface area contributed by atoms with Gasteiger partial charge in [-0.3, -0.25) is 4.40 Å². The van der Waals surface area contributed by atoms with Crippen LogP contribution >= 0.6 is 0 Å². The third kappa shape index (κ3) is 2.99. The Balaban J connectivity index is 1.69. The standard InChI is InChI=1S/C16H24N4O2/c1-12-7-13(2)20-14(9-18-15(20)19-12)8-17-10-16(11-21)3-5-22-6-4-16/h7,9,17,21H,3-6,8,10-11H2,1-2H3. The van der Waals surface area contributed by atoms with Crippen molar-refractivity contribution in [1.82, 2.24) is 19.7 Å². The van der Waals surface area contributed by atoms with E-state index < -0.39 is 0 Å². The number of nitrogens with one attached hydrogen (secondary N) is 1. The Bertz CT molecular complexity index is 647. The molecule has 3 rings (SSSR count). The number of nitrogens with zero attached hydrogens (tertiary/aromatic N) is 3. The summed E-state index contributed by atoms with van der Waals surface area (Å²) in [6.45, 7) is 7.24. The SMILES string of the molecule is Cc1cc(C)n2c(CNCC3(CO)CCOCC3)cnc2n1. The number of aliphatic hydroxyl groups is 1. The van der Waals surface area contributed by atoms with E-state index in [1.807, 2.05) is 13.1 Å². The summed E-state index contributed by atoms with van der Waals surface area (Å²) in [6, 6.07) is 2.06. The van der Waals surface area contributed by atoms with Gasteiger partial charge in [0.2, 0.25) is 5.78 Å². The van der Waals surface area contributed by atoms with Crippen molar-refractivity contribution in [3.8, 4) is 0 Å². The van der Waals surface area contributed by atoms with Crippen LogP contribution < -0.4 is 5.32 Å². The highest BCUT2D eigenvalue weighted by Crippen LogP contribution is 2.29. The fourth-order valence-corrected chi connectivity index (χ4v) is 3.17. The zero-order valence-electron chi connectivity index (χ0n) is 13.3. The van der Waals surface area contributed by atoms with Crippen LogP contribution in [0.25, 0.3) is 5.78 Å². The molecule has 3 heterocycles. The Labute approximate surface area is 130 Å². The van der Waals surface area contributed by atoms with E-state index in [1.165, 1.54) is 0 Å². The molecule has 0 aromatic carbocycles. The van der Waals surface area contributed by atoms with Crippen molar-refractivity contribution in [2.45, 2.75) is 33.2 Å². The van der Waals surface area contributed by atoms with Crippen molar-refractivity contribution in [3.05, 3.63) is 29.3 Å². The van der Waals surface area contributed by atoms with E-state index in [4.69, 9.17) is 4.74 Å². The molecule has 1 fully saturated rings. The maximum atomic E-state index is 9.72. The average Bonchev–Trinajstić information content (AvgIpc) is 2.91. The molecule has 6 heteroatoms. The molecular weight excluding hydrogens is 280 g/mol. The van der Waals surface area contributed by atoms with E-state index in [9.17, 15) is 5.11 Å². The van der Waals surface area contributed by atoms with Gasteiger partial charge in [-0.25, -0.2) is 9.97 Å². The summed E-state index contributed by atoms with van der Waals surface area (Å²) in [5, 5.41) is 13.2. The van der Waals surface area contributed by atoms with Gasteiger partial charge in [-0.05, 0) is 32.8 Å². The van der Waals surface area contributed by atoms with E-state index in [-0.39, 0.29) is 12.0 Å². The summed E-state index contributed by atoms with van der Waals surface area (Å²) >= 11 is 0. The highest BCUT2D eigenvalue weighted by molar-refractivity contribution is 5.35. The number of aromatic nitrogens is 3. The predicted octanol–water partition coefficient (Wildman–Crippen LogP) is 1.22. The molecule has 2 aromatic heterocycles. The van der Waals surface area contributed by atoms with E-state index in [0.29, 0.717) is 0 Å². The van der Waals surface area contributed by atoms with E-state index in [1.54, 1.807) is 0 Å². The fourth-order valence-electron chi connectivity index (χ4n) is 3.17. The first kappa shape index (κ1) is 15.4. The molecule has 120 valence electrons. The van der Waals surface area contributed by atoms with Gasteiger partial charge < -0.3 is 15.2 Å². The first-order chi connectivity index (χ1) is 10.6. The second-order valence-electron chi connectivity index (χ2n) is 6.30. The van der Waals surface area contributed by atoms with Crippen molar-refractivity contribution in [3.63, 3.8) is 0 Å². The third-order valence-electron chi connectivity index (χ3n) is 4.56. The number of ether oxygens (including phenoxy) is 1. The molecule has 0 amide bonds. The number of hydrogen-bond donors (Lipinski definition) is 2. The Morgan fingerprint density at radius 1 is 1.36 bits per heavy atom. The zero-order valence-corrected chi connectivity index (χ0v) is 13.3. The molecule has 0 unspecified atom stereocenters. The number of imidazole rings is 1. The number of rotatable bonds is 5. The maximum absolute atomic E-state index is 9.72. The molecule has 2 aromatic rings. The number of fused-ring (bicyclic) bond motifs is 1. The van der Waals surface area contributed by atoms with Crippen LogP contribution in [-0.2, 0) is 11.3 Å². The summed E-state index contributed by atoms with van der Waals surface area (Å²) in [5.41, 5.74) is 3.17. The van der Waals surface area contributed by atoms with Crippen LogP contribution in [0.3, 0.4) is 0 Å². The molecule has 1 aliphatic rings. The van der Waals surface area contributed by atoms with Gasteiger partial charge >= 0.3 is 0 Å². The zero-order chi connectivity index (χ0) is 15.6. The highest BCUT2D eigenvalue weighted by Gasteiger charge is 2.31. The lowest BCUT2D eigenvalue weighted by molar-refractivity contribution is -0.0154. The van der Waals surface area contributed by atoms with Crippen molar-refractivity contribution >= 4 is 5.78 Å². The molecule has 2 N–H and O–H groups in total. The molecule has 0 saturated carbocycles. The Kier molecular flexibility index (Phi) is 4.42. The predicted molar refractivity (Wildman–Crippen MR) is 83.7 cm³/mol. The smallest absolute Gasteiger partial charge is 0.234 e. The van der Waals surface area contributed by atoms with Crippen LogP contribution in [0.1, 0.15) is 29.9 Å². The molecule has 0 aliphatic carbocycles. The summed E-state index contributed by atoms with van der Waals surface area (Å²) in [7, 11) is 0. The molecule has 6 nitrogen and oxygen atoms in total. The summed E-state index contributed by atoms with van der Waals surface area (Å²) in [6.07, 6.45) is 3.68. The number of hydrogen-bond acceptors (Lipinski definition) is 5. The van der Waals surface area contributed by atoms with Crippen molar-refractivity contribution in [2.75, 3.05) is 26.4 Å². The summed E-state index contributed by atoms with van der Waals surface area (Å²) < 4.78 is 7.48. The molecule has 0 radical (unpaired) electrons. The first-order valence-corrected chi connectivity index (χ1v) is 7.83. The fraction of sp³-hybridized carbons (Fsp3) is 0.625. The Morgan fingerprint density at radius 3 is 2.86 bits per heavy atom. The Hall–Kier alpha value is -1.50.